The summed E-state index contributed by atoms with van der Waals surface area (Å²) in [6.07, 6.45) is 1.15. The molecule has 3 rings (SSSR count). The Morgan fingerprint density at radius 3 is 2.65 bits per heavy atom. The van der Waals surface area contributed by atoms with Gasteiger partial charge in [-0.2, -0.15) is 0 Å². The number of ether oxygens (including phenoxy) is 2. The van der Waals surface area contributed by atoms with Crippen molar-refractivity contribution in [2.75, 3.05) is 13.2 Å². The fraction of sp³-hybridized carbons (Fsp3) is 0.278. The van der Waals surface area contributed by atoms with Crippen molar-refractivity contribution in [1.29, 1.82) is 0 Å². The van der Waals surface area contributed by atoms with E-state index < -0.39 is 6.10 Å². The highest BCUT2D eigenvalue weighted by molar-refractivity contribution is 6.30. The molecule has 23 heavy (non-hydrogen) atoms. The van der Waals surface area contributed by atoms with Gasteiger partial charge in [0.05, 0.1) is 0 Å². The fourth-order valence-electron chi connectivity index (χ4n) is 2.42. The van der Waals surface area contributed by atoms with Gasteiger partial charge in [-0.25, -0.2) is 0 Å². The fourth-order valence-corrected chi connectivity index (χ4v) is 2.54. The van der Waals surface area contributed by atoms with E-state index in [4.69, 9.17) is 21.1 Å². The average Bonchev–Trinajstić information content (AvgIpc) is 2.59. The maximum atomic E-state index is 12.1. The molecule has 4 nitrogen and oxygen atoms in total. The molecule has 1 aliphatic heterocycles. The quantitative estimate of drug-likeness (QED) is 0.856. The number of hydrogen-bond donors (Lipinski definition) is 1. The van der Waals surface area contributed by atoms with Crippen LogP contribution in [0.15, 0.2) is 48.5 Å². The summed E-state index contributed by atoms with van der Waals surface area (Å²) in [4.78, 5) is 12.1. The number of halogens is 1. The summed E-state index contributed by atoms with van der Waals surface area (Å²) in [6, 6.07) is 15.1. The molecule has 5 heteroatoms. The van der Waals surface area contributed by atoms with Crippen molar-refractivity contribution in [2.45, 2.75) is 18.9 Å². The van der Waals surface area contributed by atoms with Crippen molar-refractivity contribution in [2.24, 2.45) is 0 Å². The first-order chi connectivity index (χ1) is 11.2. The molecule has 0 saturated heterocycles. The Bertz CT molecular complexity index is 672. The lowest BCUT2D eigenvalue weighted by atomic mass is 10.1. The third kappa shape index (κ3) is 4.17. The van der Waals surface area contributed by atoms with Gasteiger partial charge in [0.1, 0.15) is 6.61 Å². The van der Waals surface area contributed by atoms with E-state index in [1.807, 2.05) is 42.5 Å². The maximum Gasteiger partial charge on any atom is 0.264 e. The summed E-state index contributed by atoms with van der Waals surface area (Å²) in [5, 5.41) is 3.63. The number of hydrogen-bond acceptors (Lipinski definition) is 3. The lowest BCUT2D eigenvalue weighted by Gasteiger charge is -2.25. The van der Waals surface area contributed by atoms with Crippen LogP contribution < -0.4 is 14.8 Å². The number of carbonyl (C=O) groups excluding carboxylic acids is 1. The number of amides is 1. The van der Waals surface area contributed by atoms with Gasteiger partial charge in [0.2, 0.25) is 6.10 Å². The van der Waals surface area contributed by atoms with Crippen LogP contribution in [0.4, 0.5) is 0 Å². The number of aryl methyl sites for hydroxylation is 1. The summed E-state index contributed by atoms with van der Waals surface area (Å²) >= 11 is 5.85. The average molecular weight is 332 g/mol. The lowest BCUT2D eigenvalue weighted by Crippen LogP contribution is -2.44. The van der Waals surface area contributed by atoms with Crippen LogP contribution in [0.2, 0.25) is 5.02 Å². The molecule has 0 radical (unpaired) electrons. The smallest absolute Gasteiger partial charge is 0.264 e. The predicted octanol–water partition coefficient (Wildman–Crippen LogP) is 3.23. The maximum absolute atomic E-state index is 12.1. The number of benzene rings is 2. The SMILES string of the molecule is O=C(NCCCc1ccc(Cl)cc1)[C@H]1COc2ccccc2O1. The standard InChI is InChI=1S/C18H18ClNO3/c19-14-9-7-13(8-10-14)4-3-11-20-18(21)17-12-22-15-5-1-2-6-16(15)23-17/h1-2,5-10,17H,3-4,11-12H2,(H,20,21)/t17-/m1/s1. The van der Waals surface area contributed by atoms with E-state index in [0.29, 0.717) is 18.0 Å². The molecule has 1 heterocycles. The second-order valence-corrected chi connectivity index (χ2v) is 5.82. The zero-order valence-electron chi connectivity index (χ0n) is 12.6. The molecule has 0 bridgehead atoms. The molecule has 0 unspecified atom stereocenters. The van der Waals surface area contributed by atoms with E-state index in [0.717, 1.165) is 17.9 Å². The second-order valence-electron chi connectivity index (χ2n) is 5.39. The first-order valence-electron chi connectivity index (χ1n) is 7.63. The van der Waals surface area contributed by atoms with Crippen molar-refractivity contribution in [3.63, 3.8) is 0 Å². The van der Waals surface area contributed by atoms with Gasteiger partial charge in [-0.05, 0) is 42.7 Å². The third-order valence-electron chi connectivity index (χ3n) is 3.66. The van der Waals surface area contributed by atoms with Crippen molar-refractivity contribution in [1.82, 2.24) is 5.32 Å². The summed E-state index contributed by atoms with van der Waals surface area (Å²) in [5.41, 5.74) is 1.20. The van der Waals surface area contributed by atoms with E-state index in [1.54, 1.807) is 6.07 Å². The van der Waals surface area contributed by atoms with Gasteiger partial charge in [0.25, 0.3) is 5.91 Å². The molecular formula is C18H18ClNO3. The Morgan fingerprint density at radius 2 is 1.87 bits per heavy atom. The van der Waals surface area contributed by atoms with Gasteiger partial charge in [-0.1, -0.05) is 35.9 Å². The second kappa shape index (κ2) is 7.38. The van der Waals surface area contributed by atoms with E-state index in [9.17, 15) is 4.79 Å². The lowest BCUT2D eigenvalue weighted by molar-refractivity contribution is -0.130. The summed E-state index contributed by atoms with van der Waals surface area (Å²) in [6.45, 7) is 0.836. The van der Waals surface area contributed by atoms with Crippen molar-refractivity contribution in [3.8, 4) is 11.5 Å². The highest BCUT2D eigenvalue weighted by atomic mass is 35.5. The Balaban J connectivity index is 1.42. The van der Waals surface area contributed by atoms with Crippen molar-refractivity contribution in [3.05, 3.63) is 59.1 Å². The monoisotopic (exact) mass is 331 g/mol. The van der Waals surface area contributed by atoms with E-state index >= 15 is 0 Å². The first kappa shape index (κ1) is 15.7. The molecule has 0 aliphatic carbocycles. The highest BCUT2D eigenvalue weighted by Crippen LogP contribution is 2.30. The van der Waals surface area contributed by atoms with Crippen molar-refractivity contribution < 1.29 is 14.3 Å². The minimum absolute atomic E-state index is 0.143. The van der Waals surface area contributed by atoms with E-state index in [1.165, 1.54) is 5.56 Å². The summed E-state index contributed by atoms with van der Waals surface area (Å²) in [7, 11) is 0. The number of nitrogens with one attached hydrogen (secondary N) is 1. The molecule has 1 atom stereocenters. The highest BCUT2D eigenvalue weighted by Gasteiger charge is 2.26. The molecule has 2 aromatic carbocycles. The zero-order valence-corrected chi connectivity index (χ0v) is 13.4. The predicted molar refractivity (Wildman–Crippen MR) is 89.1 cm³/mol. The Morgan fingerprint density at radius 1 is 1.13 bits per heavy atom. The minimum atomic E-state index is -0.597. The molecule has 0 spiro atoms. The molecule has 120 valence electrons. The topological polar surface area (TPSA) is 47.6 Å². The van der Waals surface area contributed by atoms with Gasteiger partial charge in [-0.15, -0.1) is 0 Å². The van der Waals surface area contributed by atoms with Gasteiger partial charge in [0.15, 0.2) is 11.5 Å². The van der Waals surface area contributed by atoms with E-state index in [-0.39, 0.29) is 12.5 Å². The van der Waals surface area contributed by atoms with Crippen LogP contribution >= 0.6 is 11.6 Å². The van der Waals surface area contributed by atoms with Gasteiger partial charge in [-0.3, -0.25) is 4.79 Å². The zero-order chi connectivity index (χ0) is 16.1. The number of fused-ring (bicyclic) bond motifs is 1. The van der Waals surface area contributed by atoms with Gasteiger partial charge in [0, 0.05) is 11.6 Å². The molecule has 1 amide bonds. The normalized spacial score (nSPS) is 16.0. The van der Waals surface area contributed by atoms with Gasteiger partial charge < -0.3 is 14.8 Å². The molecule has 1 N–H and O–H groups in total. The van der Waals surface area contributed by atoms with Gasteiger partial charge >= 0.3 is 0 Å². The Kier molecular flexibility index (Phi) is 5.03. The number of para-hydroxylation sites is 2. The molecule has 2 aromatic rings. The van der Waals surface area contributed by atoms with Crippen LogP contribution in [-0.2, 0) is 11.2 Å². The van der Waals surface area contributed by atoms with E-state index in [2.05, 4.69) is 5.32 Å². The Labute approximate surface area is 140 Å². The summed E-state index contributed by atoms with van der Waals surface area (Å²) < 4.78 is 11.2. The van der Waals surface area contributed by atoms with Crippen molar-refractivity contribution >= 4 is 17.5 Å². The number of carbonyl (C=O) groups is 1. The number of rotatable bonds is 5. The molecular weight excluding hydrogens is 314 g/mol. The van der Waals surface area contributed by atoms with Crippen LogP contribution in [0.5, 0.6) is 11.5 Å². The first-order valence-corrected chi connectivity index (χ1v) is 8.01. The molecule has 1 aliphatic rings. The van der Waals surface area contributed by atoms with Crippen LogP contribution in [0.25, 0.3) is 0 Å². The minimum Gasteiger partial charge on any atom is -0.485 e. The Hall–Kier alpha value is -2.20. The van der Waals surface area contributed by atoms with Crippen LogP contribution in [0, 0.1) is 0 Å². The largest absolute Gasteiger partial charge is 0.485 e. The summed E-state index contributed by atoms with van der Waals surface area (Å²) in [5.74, 6) is 1.15. The molecule has 0 fully saturated rings. The van der Waals surface area contributed by atoms with Crippen LogP contribution in [-0.4, -0.2) is 25.2 Å². The van der Waals surface area contributed by atoms with Crippen LogP contribution in [0.1, 0.15) is 12.0 Å². The molecule has 0 aromatic heterocycles. The van der Waals surface area contributed by atoms with Crippen LogP contribution in [0.3, 0.4) is 0 Å². The molecule has 0 saturated carbocycles. The third-order valence-corrected chi connectivity index (χ3v) is 3.91.